The van der Waals surface area contributed by atoms with E-state index in [0.717, 1.165) is 12.8 Å². The molecule has 5 heteroatoms. The lowest BCUT2D eigenvalue weighted by Gasteiger charge is -2.39. The maximum Gasteiger partial charge on any atom is 0.258 e. The smallest absolute Gasteiger partial charge is 0.258 e. The molecule has 2 unspecified atom stereocenters. The van der Waals surface area contributed by atoms with Crippen LogP contribution < -0.4 is 5.73 Å². The van der Waals surface area contributed by atoms with Crippen molar-refractivity contribution in [2.45, 2.75) is 25.8 Å². The van der Waals surface area contributed by atoms with Gasteiger partial charge in [-0.2, -0.15) is 0 Å². The van der Waals surface area contributed by atoms with Crippen molar-refractivity contribution < 1.29 is 15.0 Å². The molecule has 104 valence electrons. The van der Waals surface area contributed by atoms with Gasteiger partial charge in [0.05, 0.1) is 5.56 Å². The van der Waals surface area contributed by atoms with Crippen LogP contribution in [0.3, 0.4) is 0 Å². The van der Waals surface area contributed by atoms with Crippen LogP contribution in [0.15, 0.2) is 18.2 Å². The van der Waals surface area contributed by atoms with Crippen LogP contribution in [-0.4, -0.2) is 40.2 Å². The van der Waals surface area contributed by atoms with E-state index in [9.17, 15) is 15.0 Å². The maximum atomic E-state index is 12.5. The van der Waals surface area contributed by atoms with Crippen LogP contribution in [0.4, 0.5) is 0 Å². The molecule has 4 N–H and O–H groups in total. The number of amides is 1. The molecule has 0 saturated carbocycles. The highest BCUT2D eigenvalue weighted by Gasteiger charge is 2.32. The fourth-order valence-electron chi connectivity index (χ4n) is 2.71. The number of carbonyl (C=O) groups excluding carboxylic acids is 1. The lowest BCUT2D eigenvalue weighted by atomic mass is 9.90. The molecule has 1 fully saturated rings. The van der Waals surface area contributed by atoms with Crippen molar-refractivity contribution >= 4 is 5.91 Å². The summed E-state index contributed by atoms with van der Waals surface area (Å²) in [6.45, 7) is 3.13. The monoisotopic (exact) mass is 264 g/mol. The number of rotatable bonds is 2. The van der Waals surface area contributed by atoms with E-state index in [1.165, 1.54) is 18.2 Å². The first-order valence-electron chi connectivity index (χ1n) is 6.57. The quantitative estimate of drug-likeness (QED) is 0.703. The van der Waals surface area contributed by atoms with Crippen LogP contribution in [0.5, 0.6) is 11.5 Å². The molecule has 0 radical (unpaired) electrons. The van der Waals surface area contributed by atoms with E-state index in [1.54, 1.807) is 4.90 Å². The number of nitrogens with two attached hydrogens (primary N) is 1. The summed E-state index contributed by atoms with van der Waals surface area (Å²) in [6, 6.07) is 3.96. The third kappa shape index (κ3) is 2.66. The van der Waals surface area contributed by atoms with Gasteiger partial charge in [0.25, 0.3) is 5.91 Å². The molecule has 0 aromatic heterocycles. The van der Waals surface area contributed by atoms with Crippen molar-refractivity contribution in [3.05, 3.63) is 23.8 Å². The Hall–Kier alpha value is -1.75. The van der Waals surface area contributed by atoms with Gasteiger partial charge in [-0.3, -0.25) is 4.79 Å². The second kappa shape index (κ2) is 5.48. The average molecular weight is 264 g/mol. The predicted octanol–water partition coefficient (Wildman–Crippen LogP) is 1.30. The molecule has 0 aliphatic carbocycles. The molecule has 1 aromatic rings. The zero-order chi connectivity index (χ0) is 14.0. The van der Waals surface area contributed by atoms with Gasteiger partial charge < -0.3 is 20.8 Å². The molecule has 1 amide bonds. The van der Waals surface area contributed by atoms with Crippen LogP contribution in [0, 0.1) is 5.92 Å². The van der Waals surface area contributed by atoms with Gasteiger partial charge >= 0.3 is 0 Å². The minimum absolute atomic E-state index is 0.0111. The van der Waals surface area contributed by atoms with Gasteiger partial charge in [0.1, 0.15) is 11.5 Å². The molecule has 2 atom stereocenters. The van der Waals surface area contributed by atoms with E-state index >= 15 is 0 Å². The SMILES string of the molecule is CC1CCCN(C(=O)c2cc(O)ccc2O)C1CN. The Morgan fingerprint density at radius 2 is 2.21 bits per heavy atom. The maximum absolute atomic E-state index is 12.5. The molecule has 19 heavy (non-hydrogen) atoms. The molecular weight excluding hydrogens is 244 g/mol. The summed E-state index contributed by atoms with van der Waals surface area (Å²) in [4.78, 5) is 14.2. The van der Waals surface area contributed by atoms with E-state index in [-0.39, 0.29) is 29.0 Å². The summed E-state index contributed by atoms with van der Waals surface area (Å²) >= 11 is 0. The summed E-state index contributed by atoms with van der Waals surface area (Å²) in [7, 11) is 0. The van der Waals surface area contributed by atoms with E-state index in [1.807, 2.05) is 0 Å². The first kappa shape index (κ1) is 13.7. The van der Waals surface area contributed by atoms with Gasteiger partial charge in [-0.1, -0.05) is 6.92 Å². The van der Waals surface area contributed by atoms with Crippen LogP contribution in [0.25, 0.3) is 0 Å². The largest absolute Gasteiger partial charge is 0.508 e. The summed E-state index contributed by atoms with van der Waals surface area (Å²) in [5.41, 5.74) is 5.89. The summed E-state index contributed by atoms with van der Waals surface area (Å²) in [5.74, 6) is -0.0649. The molecule has 1 aliphatic rings. The minimum atomic E-state index is -0.268. The normalized spacial score (nSPS) is 23.4. The molecule has 1 saturated heterocycles. The fourth-order valence-corrected chi connectivity index (χ4v) is 2.71. The number of phenols is 2. The number of hydrogen-bond acceptors (Lipinski definition) is 4. The van der Waals surface area contributed by atoms with Crippen LogP contribution in [-0.2, 0) is 0 Å². The van der Waals surface area contributed by atoms with Gasteiger partial charge in [-0.05, 0) is 37.0 Å². The molecule has 1 heterocycles. The zero-order valence-electron chi connectivity index (χ0n) is 11.0. The molecular formula is C14H20N2O3. The van der Waals surface area contributed by atoms with Crippen LogP contribution in [0.2, 0.25) is 0 Å². The number of piperidine rings is 1. The molecule has 0 spiro atoms. The third-order valence-electron chi connectivity index (χ3n) is 3.83. The second-order valence-electron chi connectivity index (χ2n) is 5.12. The standard InChI is InChI=1S/C14H20N2O3/c1-9-3-2-6-16(12(9)8-15)14(19)11-7-10(17)4-5-13(11)18/h4-5,7,9,12,17-18H,2-3,6,8,15H2,1H3. The minimum Gasteiger partial charge on any atom is -0.508 e. The third-order valence-corrected chi connectivity index (χ3v) is 3.83. The molecule has 1 aliphatic heterocycles. The number of nitrogens with zero attached hydrogens (tertiary/aromatic N) is 1. The number of likely N-dealkylation sites (tertiary alicyclic amines) is 1. The number of hydrogen-bond donors (Lipinski definition) is 3. The first-order chi connectivity index (χ1) is 9.04. The molecule has 5 nitrogen and oxygen atoms in total. The van der Waals surface area contributed by atoms with Gasteiger partial charge in [0.2, 0.25) is 0 Å². The molecule has 1 aromatic carbocycles. The van der Waals surface area contributed by atoms with E-state index in [4.69, 9.17) is 5.73 Å². The lowest BCUT2D eigenvalue weighted by Crippen LogP contribution is -2.51. The van der Waals surface area contributed by atoms with Crippen LogP contribution in [0.1, 0.15) is 30.1 Å². The Morgan fingerprint density at radius 3 is 2.89 bits per heavy atom. The zero-order valence-corrected chi connectivity index (χ0v) is 11.0. The topological polar surface area (TPSA) is 86.8 Å². The predicted molar refractivity (Wildman–Crippen MR) is 72.0 cm³/mol. The lowest BCUT2D eigenvalue weighted by molar-refractivity contribution is 0.0529. The van der Waals surface area contributed by atoms with Crippen LogP contribution >= 0.6 is 0 Å². The van der Waals surface area contributed by atoms with Gasteiger partial charge in [-0.25, -0.2) is 0 Å². The number of carbonyl (C=O) groups is 1. The summed E-state index contributed by atoms with van der Waals surface area (Å²) < 4.78 is 0. The molecule has 2 rings (SSSR count). The molecule has 0 bridgehead atoms. The van der Waals surface area contributed by atoms with E-state index < -0.39 is 0 Å². The Kier molecular flexibility index (Phi) is 3.95. The van der Waals surface area contributed by atoms with Crippen molar-refractivity contribution in [3.63, 3.8) is 0 Å². The second-order valence-corrected chi connectivity index (χ2v) is 5.12. The van der Waals surface area contributed by atoms with Crippen molar-refractivity contribution in [2.75, 3.05) is 13.1 Å². The average Bonchev–Trinajstić information content (AvgIpc) is 2.40. The van der Waals surface area contributed by atoms with Gasteiger partial charge in [0.15, 0.2) is 0 Å². The highest BCUT2D eigenvalue weighted by molar-refractivity contribution is 5.97. The highest BCUT2D eigenvalue weighted by Crippen LogP contribution is 2.28. The summed E-state index contributed by atoms with van der Waals surface area (Å²) in [5, 5.41) is 19.2. The summed E-state index contributed by atoms with van der Waals surface area (Å²) in [6.07, 6.45) is 1.99. The van der Waals surface area contributed by atoms with Crippen molar-refractivity contribution in [1.29, 1.82) is 0 Å². The van der Waals surface area contributed by atoms with Crippen molar-refractivity contribution in [3.8, 4) is 11.5 Å². The van der Waals surface area contributed by atoms with Crippen molar-refractivity contribution in [2.24, 2.45) is 11.7 Å². The Balaban J connectivity index is 2.29. The number of aromatic hydroxyl groups is 2. The van der Waals surface area contributed by atoms with Crippen molar-refractivity contribution in [1.82, 2.24) is 4.90 Å². The van der Waals surface area contributed by atoms with Gasteiger partial charge in [-0.15, -0.1) is 0 Å². The first-order valence-corrected chi connectivity index (χ1v) is 6.57. The highest BCUT2D eigenvalue weighted by atomic mass is 16.3. The van der Waals surface area contributed by atoms with E-state index in [2.05, 4.69) is 6.92 Å². The Labute approximate surface area is 112 Å². The fraction of sp³-hybridized carbons (Fsp3) is 0.500. The Bertz CT molecular complexity index is 476. The Morgan fingerprint density at radius 1 is 1.47 bits per heavy atom. The number of phenolic OH excluding ortho intramolecular Hbond substituents is 2. The number of benzene rings is 1. The van der Waals surface area contributed by atoms with E-state index in [0.29, 0.717) is 19.0 Å². The van der Waals surface area contributed by atoms with Gasteiger partial charge in [0, 0.05) is 19.1 Å².